The fourth-order valence-corrected chi connectivity index (χ4v) is 1.63. The minimum atomic E-state index is -1.13. The van der Waals surface area contributed by atoms with Crippen molar-refractivity contribution in [2.45, 2.75) is 50.8 Å². The van der Waals surface area contributed by atoms with Crippen molar-refractivity contribution in [3.63, 3.8) is 0 Å². The van der Waals surface area contributed by atoms with Crippen LogP contribution in [-0.2, 0) is 9.53 Å². The van der Waals surface area contributed by atoms with E-state index in [2.05, 4.69) is 0 Å². The summed E-state index contributed by atoms with van der Waals surface area (Å²) in [5, 5.41) is 28.2. The summed E-state index contributed by atoms with van der Waals surface area (Å²) in [5.41, 5.74) is 0. The van der Waals surface area contributed by atoms with Crippen LogP contribution in [0.25, 0.3) is 0 Å². The molecule has 0 aromatic rings. The lowest BCUT2D eigenvalue weighted by molar-refractivity contribution is -0.122. The number of aliphatic hydroxyl groups excluding tert-OH is 3. The third-order valence-electron chi connectivity index (χ3n) is 2.36. The Kier molecular flexibility index (Phi) is 3.60. The third-order valence-corrected chi connectivity index (χ3v) is 2.36. The molecule has 1 rings (SSSR count). The Bertz CT molecular complexity index is 215. The topological polar surface area (TPSA) is 87.0 Å². The maximum Gasteiger partial charge on any atom is 0.132 e. The van der Waals surface area contributed by atoms with Crippen molar-refractivity contribution in [1.29, 1.82) is 0 Å². The molecule has 1 heterocycles. The number of hydrogen-bond donors (Lipinski definition) is 3. The molecule has 0 aliphatic carbocycles. The standard InChI is InChI=1S/C9H16O5/c1-4(10)3-6-7(12)8(13)9(14-6)5(2)11/h5-9,11-13H,3H2,1-2H3. The molecule has 5 unspecified atom stereocenters. The van der Waals surface area contributed by atoms with Gasteiger partial charge in [0.1, 0.15) is 24.1 Å². The second kappa shape index (κ2) is 4.35. The number of hydrogen-bond acceptors (Lipinski definition) is 5. The van der Waals surface area contributed by atoms with Crippen LogP contribution < -0.4 is 0 Å². The highest BCUT2D eigenvalue weighted by atomic mass is 16.6. The van der Waals surface area contributed by atoms with Gasteiger partial charge in [-0.25, -0.2) is 0 Å². The Morgan fingerprint density at radius 3 is 2.36 bits per heavy atom. The first kappa shape index (κ1) is 11.6. The summed E-state index contributed by atoms with van der Waals surface area (Å²) in [5.74, 6) is -0.118. The highest BCUT2D eigenvalue weighted by Gasteiger charge is 2.44. The molecule has 5 atom stereocenters. The van der Waals surface area contributed by atoms with E-state index in [0.717, 1.165) is 0 Å². The highest BCUT2D eigenvalue weighted by Crippen LogP contribution is 2.25. The molecule has 0 amide bonds. The average molecular weight is 204 g/mol. The molecular formula is C9H16O5. The van der Waals surface area contributed by atoms with E-state index in [1.165, 1.54) is 13.8 Å². The van der Waals surface area contributed by atoms with Gasteiger partial charge in [0.05, 0.1) is 12.2 Å². The first-order valence-corrected chi connectivity index (χ1v) is 4.62. The Balaban J connectivity index is 2.62. The zero-order chi connectivity index (χ0) is 10.9. The minimum Gasteiger partial charge on any atom is -0.391 e. The first-order chi connectivity index (χ1) is 6.43. The molecular weight excluding hydrogens is 188 g/mol. The van der Waals surface area contributed by atoms with Crippen molar-refractivity contribution in [1.82, 2.24) is 0 Å². The summed E-state index contributed by atoms with van der Waals surface area (Å²) < 4.78 is 5.19. The van der Waals surface area contributed by atoms with Crippen LogP contribution >= 0.6 is 0 Å². The molecule has 0 bridgehead atoms. The smallest absolute Gasteiger partial charge is 0.132 e. The molecule has 0 radical (unpaired) electrons. The van der Waals surface area contributed by atoms with Crippen molar-refractivity contribution in [2.24, 2.45) is 0 Å². The van der Waals surface area contributed by atoms with Crippen LogP contribution in [0.3, 0.4) is 0 Å². The van der Waals surface area contributed by atoms with Gasteiger partial charge in [-0.15, -0.1) is 0 Å². The molecule has 1 saturated heterocycles. The van der Waals surface area contributed by atoms with Gasteiger partial charge >= 0.3 is 0 Å². The second-order valence-corrected chi connectivity index (χ2v) is 3.77. The Labute approximate surface area is 82.3 Å². The molecule has 0 aromatic heterocycles. The van der Waals surface area contributed by atoms with Gasteiger partial charge in [0.25, 0.3) is 0 Å². The zero-order valence-corrected chi connectivity index (χ0v) is 8.25. The van der Waals surface area contributed by atoms with Gasteiger partial charge in [-0.1, -0.05) is 0 Å². The van der Waals surface area contributed by atoms with E-state index in [1.807, 2.05) is 0 Å². The van der Waals surface area contributed by atoms with E-state index < -0.39 is 30.5 Å². The number of rotatable bonds is 3. The molecule has 0 spiro atoms. The molecule has 0 saturated carbocycles. The van der Waals surface area contributed by atoms with Gasteiger partial charge in [-0.05, 0) is 13.8 Å². The van der Waals surface area contributed by atoms with Crippen molar-refractivity contribution in [2.75, 3.05) is 0 Å². The first-order valence-electron chi connectivity index (χ1n) is 4.62. The molecule has 1 aliphatic heterocycles. The predicted molar refractivity (Wildman–Crippen MR) is 47.7 cm³/mol. The number of ketones is 1. The Hall–Kier alpha value is -0.490. The quantitative estimate of drug-likeness (QED) is 0.539. The SMILES string of the molecule is CC(=O)CC1OC(C(C)O)C(O)C1O. The minimum absolute atomic E-state index is 0.0570. The predicted octanol–water partition coefficient (Wildman–Crippen LogP) is -1.16. The summed E-state index contributed by atoms with van der Waals surface area (Å²) >= 11 is 0. The van der Waals surface area contributed by atoms with Gasteiger partial charge in [-0.2, -0.15) is 0 Å². The van der Waals surface area contributed by atoms with E-state index in [4.69, 9.17) is 4.74 Å². The number of carbonyl (C=O) groups excluding carboxylic acids is 1. The molecule has 82 valence electrons. The Morgan fingerprint density at radius 1 is 1.43 bits per heavy atom. The third kappa shape index (κ3) is 2.30. The van der Waals surface area contributed by atoms with Gasteiger partial charge in [0.2, 0.25) is 0 Å². The van der Waals surface area contributed by atoms with E-state index in [0.29, 0.717) is 0 Å². The van der Waals surface area contributed by atoms with Gasteiger partial charge in [0.15, 0.2) is 0 Å². The molecule has 5 nitrogen and oxygen atoms in total. The maximum absolute atomic E-state index is 10.8. The number of carbonyl (C=O) groups is 1. The zero-order valence-electron chi connectivity index (χ0n) is 8.25. The van der Waals surface area contributed by atoms with E-state index in [-0.39, 0.29) is 12.2 Å². The molecule has 0 aromatic carbocycles. The van der Waals surface area contributed by atoms with Crippen molar-refractivity contribution in [3.05, 3.63) is 0 Å². The molecule has 3 N–H and O–H groups in total. The van der Waals surface area contributed by atoms with E-state index in [9.17, 15) is 20.1 Å². The fraction of sp³-hybridized carbons (Fsp3) is 0.889. The van der Waals surface area contributed by atoms with Crippen LogP contribution in [0.1, 0.15) is 20.3 Å². The molecule has 5 heteroatoms. The monoisotopic (exact) mass is 204 g/mol. The number of Topliss-reactive ketones (excluding diaryl/α,β-unsaturated/α-hetero) is 1. The summed E-state index contributed by atoms with van der Waals surface area (Å²) in [6, 6.07) is 0. The van der Waals surface area contributed by atoms with Crippen molar-refractivity contribution < 1.29 is 24.9 Å². The van der Waals surface area contributed by atoms with Gasteiger partial charge in [0, 0.05) is 6.42 Å². The van der Waals surface area contributed by atoms with Crippen LogP contribution in [-0.4, -0.2) is 51.6 Å². The summed E-state index contributed by atoms with van der Waals surface area (Å²) in [6.07, 6.45) is -4.55. The molecule has 14 heavy (non-hydrogen) atoms. The van der Waals surface area contributed by atoms with Crippen molar-refractivity contribution in [3.8, 4) is 0 Å². The van der Waals surface area contributed by atoms with Crippen LogP contribution in [0.5, 0.6) is 0 Å². The average Bonchev–Trinajstić information content (AvgIpc) is 2.32. The lowest BCUT2D eigenvalue weighted by Gasteiger charge is -2.16. The fourth-order valence-electron chi connectivity index (χ4n) is 1.63. The summed E-state index contributed by atoms with van der Waals surface area (Å²) in [7, 11) is 0. The lowest BCUT2D eigenvalue weighted by atomic mass is 10.0. The number of aliphatic hydroxyl groups is 3. The maximum atomic E-state index is 10.8. The van der Waals surface area contributed by atoms with E-state index >= 15 is 0 Å². The summed E-state index contributed by atoms with van der Waals surface area (Å²) in [4.78, 5) is 10.8. The normalized spacial score (nSPS) is 39.8. The second-order valence-electron chi connectivity index (χ2n) is 3.77. The van der Waals surface area contributed by atoms with E-state index in [1.54, 1.807) is 0 Å². The molecule has 1 fully saturated rings. The molecule has 1 aliphatic rings. The van der Waals surface area contributed by atoms with Gasteiger partial charge < -0.3 is 20.1 Å². The van der Waals surface area contributed by atoms with Gasteiger partial charge in [-0.3, -0.25) is 4.79 Å². The lowest BCUT2D eigenvalue weighted by Crippen LogP contribution is -2.37. The highest BCUT2D eigenvalue weighted by molar-refractivity contribution is 5.76. The summed E-state index contributed by atoms with van der Waals surface area (Å²) in [6.45, 7) is 2.86. The van der Waals surface area contributed by atoms with Crippen LogP contribution in [0.15, 0.2) is 0 Å². The largest absolute Gasteiger partial charge is 0.391 e. The number of ether oxygens (including phenoxy) is 1. The van der Waals surface area contributed by atoms with Crippen LogP contribution in [0, 0.1) is 0 Å². The Morgan fingerprint density at radius 2 is 2.00 bits per heavy atom. The van der Waals surface area contributed by atoms with Crippen LogP contribution in [0.4, 0.5) is 0 Å². The van der Waals surface area contributed by atoms with Crippen LogP contribution in [0.2, 0.25) is 0 Å². The van der Waals surface area contributed by atoms with Crippen molar-refractivity contribution >= 4 is 5.78 Å².